The summed E-state index contributed by atoms with van der Waals surface area (Å²) in [4.78, 5) is 10.5. The lowest BCUT2D eigenvalue weighted by atomic mass is 9.68. The van der Waals surface area contributed by atoms with E-state index in [9.17, 15) is 4.79 Å². The van der Waals surface area contributed by atoms with Crippen LogP contribution in [0.5, 0.6) is 0 Å². The van der Waals surface area contributed by atoms with Crippen LogP contribution >= 0.6 is 0 Å². The molecule has 0 aromatic rings. The molecular formula is C10H17O. The standard InChI is InChI=1S/C10H17O/c1-8-4-9(7-11)6-10(2,3)5-8/h8-9H,4-6H2,1-3H3. The SMILES string of the molecule is CC1CC([C]=O)CC(C)(C)C1. The fourth-order valence-electron chi connectivity index (χ4n) is 2.44. The summed E-state index contributed by atoms with van der Waals surface area (Å²) < 4.78 is 0. The maximum Gasteiger partial charge on any atom is 0.201 e. The zero-order chi connectivity index (χ0) is 8.48. The molecule has 1 saturated carbocycles. The summed E-state index contributed by atoms with van der Waals surface area (Å²) in [6.07, 6.45) is 5.47. The minimum absolute atomic E-state index is 0.203. The quantitative estimate of drug-likeness (QED) is 0.566. The van der Waals surface area contributed by atoms with Crippen molar-refractivity contribution in [2.45, 2.75) is 40.0 Å². The van der Waals surface area contributed by atoms with E-state index in [0.717, 1.165) is 12.8 Å². The van der Waals surface area contributed by atoms with Gasteiger partial charge in [-0.25, -0.2) is 0 Å². The molecule has 1 aliphatic carbocycles. The average Bonchev–Trinajstić information content (AvgIpc) is 1.83. The van der Waals surface area contributed by atoms with E-state index < -0.39 is 0 Å². The summed E-state index contributed by atoms with van der Waals surface area (Å²) in [5.41, 5.74) is 0.361. The highest BCUT2D eigenvalue weighted by Crippen LogP contribution is 2.40. The highest BCUT2D eigenvalue weighted by molar-refractivity contribution is 5.54. The van der Waals surface area contributed by atoms with Crippen LogP contribution in [0.4, 0.5) is 0 Å². The number of rotatable bonds is 1. The Hall–Kier alpha value is -0.330. The normalized spacial score (nSPS) is 36.6. The molecule has 0 aromatic heterocycles. The van der Waals surface area contributed by atoms with Crippen molar-refractivity contribution in [1.29, 1.82) is 0 Å². The third-order valence-electron chi connectivity index (χ3n) is 2.55. The Balaban J connectivity index is 2.57. The molecule has 0 aliphatic heterocycles. The van der Waals surface area contributed by atoms with E-state index in [-0.39, 0.29) is 5.92 Å². The molecule has 0 aromatic carbocycles. The van der Waals surface area contributed by atoms with Crippen LogP contribution in [-0.2, 0) is 4.79 Å². The maximum atomic E-state index is 10.5. The van der Waals surface area contributed by atoms with Gasteiger partial charge in [0, 0.05) is 5.92 Å². The second kappa shape index (κ2) is 2.96. The summed E-state index contributed by atoms with van der Waals surface area (Å²) in [5, 5.41) is 0. The van der Waals surface area contributed by atoms with E-state index in [1.807, 2.05) is 0 Å². The van der Waals surface area contributed by atoms with E-state index in [0.29, 0.717) is 11.3 Å². The van der Waals surface area contributed by atoms with Gasteiger partial charge in [0.05, 0.1) is 0 Å². The van der Waals surface area contributed by atoms with Crippen LogP contribution in [0.2, 0.25) is 0 Å². The van der Waals surface area contributed by atoms with Gasteiger partial charge in [-0.3, -0.25) is 4.79 Å². The predicted octanol–water partition coefficient (Wildman–Crippen LogP) is 2.56. The summed E-state index contributed by atoms with van der Waals surface area (Å²) in [5.74, 6) is 0.902. The van der Waals surface area contributed by atoms with Gasteiger partial charge >= 0.3 is 0 Å². The minimum Gasteiger partial charge on any atom is -0.291 e. The van der Waals surface area contributed by atoms with Crippen molar-refractivity contribution in [1.82, 2.24) is 0 Å². The monoisotopic (exact) mass is 153 g/mol. The smallest absolute Gasteiger partial charge is 0.201 e. The lowest BCUT2D eigenvalue weighted by Gasteiger charge is -2.36. The van der Waals surface area contributed by atoms with E-state index >= 15 is 0 Å². The topological polar surface area (TPSA) is 17.1 Å². The van der Waals surface area contributed by atoms with Gasteiger partial charge in [-0.05, 0) is 30.6 Å². The van der Waals surface area contributed by atoms with Crippen LogP contribution in [0, 0.1) is 17.3 Å². The molecule has 1 radical (unpaired) electrons. The van der Waals surface area contributed by atoms with E-state index in [2.05, 4.69) is 27.1 Å². The Morgan fingerprint density at radius 1 is 1.36 bits per heavy atom. The van der Waals surface area contributed by atoms with Crippen molar-refractivity contribution in [3.8, 4) is 0 Å². The predicted molar refractivity (Wildman–Crippen MR) is 46.0 cm³/mol. The lowest BCUT2D eigenvalue weighted by Crippen LogP contribution is -2.28. The molecule has 1 fully saturated rings. The molecule has 0 bridgehead atoms. The molecule has 1 rings (SSSR count). The molecule has 0 amide bonds. The first kappa shape index (κ1) is 8.76. The molecule has 2 atom stereocenters. The summed E-state index contributed by atoms with van der Waals surface area (Å²) in [7, 11) is 0. The van der Waals surface area contributed by atoms with Crippen LogP contribution in [0.25, 0.3) is 0 Å². The van der Waals surface area contributed by atoms with Gasteiger partial charge in [0.15, 0.2) is 0 Å². The zero-order valence-electron chi connectivity index (χ0n) is 7.68. The van der Waals surface area contributed by atoms with Crippen LogP contribution < -0.4 is 0 Å². The second-order valence-electron chi connectivity index (χ2n) is 4.73. The van der Waals surface area contributed by atoms with Crippen LogP contribution in [0.1, 0.15) is 40.0 Å². The molecule has 1 heteroatoms. The van der Waals surface area contributed by atoms with Crippen molar-refractivity contribution in [2.24, 2.45) is 17.3 Å². The summed E-state index contributed by atoms with van der Waals surface area (Å²) in [6.45, 7) is 6.71. The zero-order valence-corrected chi connectivity index (χ0v) is 7.68. The Morgan fingerprint density at radius 3 is 2.45 bits per heavy atom. The molecule has 0 N–H and O–H groups in total. The minimum atomic E-state index is 0.203. The third-order valence-corrected chi connectivity index (χ3v) is 2.55. The van der Waals surface area contributed by atoms with Gasteiger partial charge in [0.2, 0.25) is 6.29 Å². The Bertz CT molecular complexity index is 149. The van der Waals surface area contributed by atoms with Gasteiger partial charge < -0.3 is 0 Å². The fourth-order valence-corrected chi connectivity index (χ4v) is 2.44. The second-order valence-corrected chi connectivity index (χ2v) is 4.73. The van der Waals surface area contributed by atoms with Crippen molar-refractivity contribution >= 4 is 6.29 Å². The first-order valence-corrected chi connectivity index (χ1v) is 4.41. The Kier molecular flexibility index (Phi) is 2.36. The molecule has 1 nitrogen and oxygen atoms in total. The fraction of sp³-hybridized carbons (Fsp3) is 0.900. The molecule has 0 saturated heterocycles. The van der Waals surface area contributed by atoms with Crippen molar-refractivity contribution in [3.05, 3.63) is 0 Å². The largest absolute Gasteiger partial charge is 0.291 e. The molecule has 0 spiro atoms. The third kappa shape index (κ3) is 2.32. The molecule has 2 unspecified atom stereocenters. The number of hydrogen-bond acceptors (Lipinski definition) is 1. The van der Waals surface area contributed by atoms with E-state index in [4.69, 9.17) is 0 Å². The van der Waals surface area contributed by atoms with E-state index in [1.54, 1.807) is 0 Å². The van der Waals surface area contributed by atoms with Crippen molar-refractivity contribution < 1.29 is 4.79 Å². The van der Waals surface area contributed by atoms with E-state index in [1.165, 1.54) is 6.42 Å². The average molecular weight is 153 g/mol. The van der Waals surface area contributed by atoms with Crippen LogP contribution in [0.15, 0.2) is 0 Å². The highest BCUT2D eigenvalue weighted by atomic mass is 16.1. The number of carbonyl (C=O) groups excluding carboxylic acids is 1. The Morgan fingerprint density at radius 2 is 2.00 bits per heavy atom. The van der Waals surface area contributed by atoms with Gasteiger partial charge in [-0.1, -0.05) is 20.8 Å². The molecular weight excluding hydrogens is 136 g/mol. The van der Waals surface area contributed by atoms with Crippen LogP contribution in [-0.4, -0.2) is 6.29 Å². The molecule has 1 aliphatic rings. The summed E-state index contributed by atoms with van der Waals surface area (Å²) >= 11 is 0. The molecule has 0 heterocycles. The Labute approximate surface area is 69.2 Å². The molecule has 11 heavy (non-hydrogen) atoms. The maximum absolute atomic E-state index is 10.5. The first-order valence-electron chi connectivity index (χ1n) is 4.41. The van der Waals surface area contributed by atoms with Gasteiger partial charge in [0.1, 0.15) is 0 Å². The van der Waals surface area contributed by atoms with Gasteiger partial charge in [-0.15, -0.1) is 0 Å². The lowest BCUT2D eigenvalue weighted by molar-refractivity contribution is 0.162. The highest BCUT2D eigenvalue weighted by Gasteiger charge is 2.31. The van der Waals surface area contributed by atoms with Crippen molar-refractivity contribution in [3.63, 3.8) is 0 Å². The number of hydrogen-bond donors (Lipinski definition) is 0. The van der Waals surface area contributed by atoms with Gasteiger partial charge in [0.25, 0.3) is 0 Å². The van der Waals surface area contributed by atoms with Gasteiger partial charge in [-0.2, -0.15) is 0 Å². The first-order chi connectivity index (χ1) is 5.03. The van der Waals surface area contributed by atoms with Crippen LogP contribution in [0.3, 0.4) is 0 Å². The van der Waals surface area contributed by atoms with Crippen molar-refractivity contribution in [2.75, 3.05) is 0 Å². The summed E-state index contributed by atoms with van der Waals surface area (Å²) in [6, 6.07) is 0. The molecule has 63 valence electrons.